The predicted octanol–water partition coefficient (Wildman–Crippen LogP) is 3.80. The first-order chi connectivity index (χ1) is 17.9. The van der Waals surface area contributed by atoms with Crippen molar-refractivity contribution in [3.05, 3.63) is 43.9 Å². The van der Waals surface area contributed by atoms with Crippen molar-refractivity contribution in [1.29, 1.82) is 5.26 Å². The van der Waals surface area contributed by atoms with E-state index >= 15 is 0 Å². The summed E-state index contributed by atoms with van der Waals surface area (Å²) in [5, 5.41) is 13.4. The first-order valence-corrected chi connectivity index (χ1v) is 13.8. The van der Waals surface area contributed by atoms with E-state index in [0.717, 1.165) is 46.3 Å². The van der Waals surface area contributed by atoms with E-state index in [1.807, 2.05) is 0 Å². The van der Waals surface area contributed by atoms with E-state index in [0.29, 0.717) is 49.6 Å². The number of anilines is 2. The Labute approximate surface area is 221 Å². The molecule has 188 valence electrons. The molecule has 2 fully saturated rings. The van der Waals surface area contributed by atoms with Crippen molar-refractivity contribution >= 4 is 56.4 Å². The summed E-state index contributed by atoms with van der Waals surface area (Å²) in [6.45, 7) is 1.05. The number of carbonyl (C=O) groups is 2. The largest absolute Gasteiger partial charge is 0.340 e. The van der Waals surface area contributed by atoms with Gasteiger partial charge in [0, 0.05) is 30.3 Å². The van der Waals surface area contributed by atoms with Crippen LogP contribution in [0.4, 0.5) is 11.5 Å². The summed E-state index contributed by atoms with van der Waals surface area (Å²) in [6.07, 6.45) is 6.47. The second-order valence-electron chi connectivity index (χ2n) is 10.6. The minimum atomic E-state index is -0.446. The van der Waals surface area contributed by atoms with Crippen LogP contribution in [0.25, 0.3) is 10.2 Å². The van der Waals surface area contributed by atoms with Crippen molar-refractivity contribution in [1.82, 2.24) is 19.4 Å². The molecule has 3 aromatic rings. The van der Waals surface area contributed by atoms with Gasteiger partial charge in [-0.25, -0.2) is 9.97 Å². The van der Waals surface area contributed by atoms with Crippen LogP contribution in [-0.4, -0.2) is 44.2 Å². The molecule has 0 radical (unpaired) electrons. The normalized spacial score (nSPS) is 21.8. The number of nitrogens with one attached hydrogen (secondary N) is 1. The number of Topliss-reactive ketones (excluding diaryl/α,β-unsaturated/α-hetero) is 1. The van der Waals surface area contributed by atoms with Crippen LogP contribution in [0.15, 0.2) is 17.2 Å². The molecule has 2 aliphatic heterocycles. The van der Waals surface area contributed by atoms with Crippen LogP contribution in [0.1, 0.15) is 53.0 Å². The zero-order valence-corrected chi connectivity index (χ0v) is 21.5. The first kappa shape index (κ1) is 22.9. The third-order valence-electron chi connectivity index (χ3n) is 8.49. The van der Waals surface area contributed by atoms with Gasteiger partial charge >= 0.3 is 0 Å². The van der Waals surface area contributed by atoms with E-state index in [1.54, 1.807) is 20.8 Å². The molecular formula is C26H23ClN6O3S. The summed E-state index contributed by atoms with van der Waals surface area (Å²) < 4.78 is 1.62. The number of rotatable bonds is 3. The summed E-state index contributed by atoms with van der Waals surface area (Å²) in [7, 11) is 0. The van der Waals surface area contributed by atoms with Crippen LogP contribution < -0.4 is 10.9 Å². The van der Waals surface area contributed by atoms with Gasteiger partial charge in [0.05, 0.1) is 27.9 Å². The van der Waals surface area contributed by atoms with E-state index in [-0.39, 0.29) is 34.1 Å². The highest BCUT2D eigenvalue weighted by Crippen LogP contribution is 2.48. The number of carbonyl (C=O) groups excluding carboxylic acids is 2. The third kappa shape index (κ3) is 3.30. The number of nitrogens with zero attached hydrogens (tertiary/aromatic N) is 5. The molecule has 1 N–H and O–H groups in total. The zero-order valence-electron chi connectivity index (χ0n) is 19.9. The molecule has 3 aromatic heterocycles. The Bertz CT molecular complexity index is 1610. The number of hydrogen-bond donors (Lipinski definition) is 1. The van der Waals surface area contributed by atoms with Crippen LogP contribution in [0, 0.1) is 23.2 Å². The lowest BCUT2D eigenvalue weighted by Crippen LogP contribution is -2.52. The van der Waals surface area contributed by atoms with Crippen molar-refractivity contribution in [2.75, 3.05) is 18.4 Å². The number of ketones is 1. The second kappa shape index (κ2) is 8.10. The van der Waals surface area contributed by atoms with Gasteiger partial charge in [0.15, 0.2) is 5.78 Å². The van der Waals surface area contributed by atoms with E-state index < -0.39 is 5.54 Å². The number of aryl methyl sites for hydroxylation is 1. The lowest BCUT2D eigenvalue weighted by molar-refractivity contribution is -0.141. The predicted molar refractivity (Wildman–Crippen MR) is 138 cm³/mol. The van der Waals surface area contributed by atoms with Crippen molar-refractivity contribution in [2.45, 2.75) is 50.5 Å². The summed E-state index contributed by atoms with van der Waals surface area (Å²) >= 11 is 8.09. The molecule has 5 heterocycles. The van der Waals surface area contributed by atoms with E-state index in [2.05, 4.69) is 21.4 Å². The SMILES string of the molecule is N#CC1CN(C(=O)[C@H]2CCc3c(sc4ncnc(Nc5cc(Cl)c6n(c5=O)C5(CCC5)CC6=O)c34)C2)C1. The summed E-state index contributed by atoms with van der Waals surface area (Å²) in [6, 6.07) is 3.76. The molecule has 9 nitrogen and oxygen atoms in total. The molecule has 1 spiro atoms. The topological polar surface area (TPSA) is 121 Å². The van der Waals surface area contributed by atoms with E-state index in [4.69, 9.17) is 16.9 Å². The maximum atomic E-state index is 13.6. The van der Waals surface area contributed by atoms with Crippen LogP contribution in [-0.2, 0) is 23.2 Å². The van der Waals surface area contributed by atoms with Crippen LogP contribution in [0.2, 0.25) is 5.02 Å². The molecule has 0 bridgehead atoms. The minimum absolute atomic E-state index is 0.0505. The highest BCUT2D eigenvalue weighted by molar-refractivity contribution is 7.19. The smallest absolute Gasteiger partial charge is 0.275 e. The fraction of sp³-hybridized carbons (Fsp3) is 0.462. The number of aromatic nitrogens is 3. The molecule has 7 rings (SSSR count). The fourth-order valence-electron chi connectivity index (χ4n) is 6.37. The number of thiophene rings is 1. The number of fused-ring (bicyclic) bond motifs is 5. The van der Waals surface area contributed by atoms with Crippen LogP contribution >= 0.6 is 22.9 Å². The Balaban J connectivity index is 1.22. The molecule has 1 saturated heterocycles. The number of pyridine rings is 1. The van der Waals surface area contributed by atoms with Crippen molar-refractivity contribution in [3.8, 4) is 6.07 Å². The molecule has 1 saturated carbocycles. The van der Waals surface area contributed by atoms with Crippen LogP contribution in [0.5, 0.6) is 0 Å². The maximum absolute atomic E-state index is 13.6. The average molecular weight is 535 g/mol. The van der Waals surface area contributed by atoms with Gasteiger partial charge < -0.3 is 10.2 Å². The van der Waals surface area contributed by atoms with Gasteiger partial charge in [-0.3, -0.25) is 19.0 Å². The minimum Gasteiger partial charge on any atom is -0.340 e. The van der Waals surface area contributed by atoms with Crippen molar-refractivity contribution in [3.63, 3.8) is 0 Å². The third-order valence-corrected chi connectivity index (χ3v) is 9.94. The van der Waals surface area contributed by atoms with Gasteiger partial charge in [-0.1, -0.05) is 11.6 Å². The van der Waals surface area contributed by atoms with Gasteiger partial charge in [-0.05, 0) is 50.2 Å². The maximum Gasteiger partial charge on any atom is 0.275 e. The zero-order chi connectivity index (χ0) is 25.5. The Hall–Kier alpha value is -3.29. The fourth-order valence-corrected chi connectivity index (χ4v) is 7.94. The molecule has 4 aliphatic rings. The molecule has 37 heavy (non-hydrogen) atoms. The number of nitriles is 1. The molecular weight excluding hydrogens is 512 g/mol. The Kier molecular flexibility index (Phi) is 5.01. The summed E-state index contributed by atoms with van der Waals surface area (Å²) in [5.41, 5.74) is 1.03. The first-order valence-electron chi connectivity index (χ1n) is 12.6. The molecule has 2 aliphatic carbocycles. The van der Waals surface area contributed by atoms with Gasteiger partial charge in [0.2, 0.25) is 5.91 Å². The molecule has 11 heteroatoms. The standard InChI is InChI=1S/C26H23ClN6O3S/c27-16-7-17(25(36)33-21(16)18(34)8-26(33)4-1-5-26)31-22-20-15-3-2-14(24(35)32-10-13(9-28)11-32)6-19(15)37-23(20)30-12-29-22/h7,12-14H,1-6,8,10-11H2,(H,29,30,31)/t14-/m0/s1. The van der Waals surface area contributed by atoms with Crippen molar-refractivity contribution in [2.24, 2.45) is 11.8 Å². The van der Waals surface area contributed by atoms with Crippen LogP contribution in [0.3, 0.4) is 0 Å². The van der Waals surface area contributed by atoms with E-state index in [9.17, 15) is 14.4 Å². The van der Waals surface area contributed by atoms with Gasteiger partial charge in [0.1, 0.15) is 28.4 Å². The monoisotopic (exact) mass is 534 g/mol. The quantitative estimate of drug-likeness (QED) is 0.542. The number of hydrogen-bond acceptors (Lipinski definition) is 8. The highest BCUT2D eigenvalue weighted by atomic mass is 35.5. The Morgan fingerprint density at radius 2 is 2.08 bits per heavy atom. The van der Waals surface area contributed by atoms with Gasteiger partial charge in [0.25, 0.3) is 5.56 Å². The lowest BCUT2D eigenvalue weighted by atomic mass is 9.75. The molecule has 0 aromatic carbocycles. The van der Waals surface area contributed by atoms with Crippen molar-refractivity contribution < 1.29 is 9.59 Å². The number of likely N-dealkylation sites (tertiary alicyclic amines) is 1. The molecule has 1 atom stereocenters. The average Bonchev–Trinajstić information content (AvgIpc) is 3.37. The second-order valence-corrected chi connectivity index (χ2v) is 12.1. The van der Waals surface area contributed by atoms with Gasteiger partial charge in [-0.15, -0.1) is 11.3 Å². The Morgan fingerprint density at radius 1 is 1.27 bits per heavy atom. The summed E-state index contributed by atoms with van der Waals surface area (Å²) in [5.74, 6) is 0.438. The number of halogens is 1. The number of amides is 1. The molecule has 0 unspecified atom stereocenters. The van der Waals surface area contributed by atoms with E-state index in [1.165, 1.54) is 12.4 Å². The highest BCUT2D eigenvalue weighted by Gasteiger charge is 2.49. The lowest BCUT2D eigenvalue weighted by Gasteiger charge is -2.39. The Morgan fingerprint density at radius 3 is 2.81 bits per heavy atom. The van der Waals surface area contributed by atoms with Gasteiger partial charge in [-0.2, -0.15) is 5.26 Å². The molecule has 1 amide bonds. The summed E-state index contributed by atoms with van der Waals surface area (Å²) in [4.78, 5) is 51.9.